The largest absolute Gasteiger partial charge is 1.00 e. The van der Waals surface area contributed by atoms with Gasteiger partial charge in [-0.05, 0) is 19.1 Å². The molecule has 0 saturated heterocycles. The molecule has 90 valence electrons. The van der Waals surface area contributed by atoms with Crippen molar-refractivity contribution in [2.45, 2.75) is 13.0 Å². The Labute approximate surface area is 125 Å². The summed E-state index contributed by atoms with van der Waals surface area (Å²) in [5.41, 5.74) is 0.427. The first-order valence-electron chi connectivity index (χ1n) is 4.75. The third kappa shape index (κ3) is 4.44. The Morgan fingerprint density at radius 3 is 2.33 bits per heavy atom. The summed E-state index contributed by atoms with van der Waals surface area (Å²) in [7, 11) is 0. The fourth-order valence-electron chi connectivity index (χ4n) is 1.09. The van der Waals surface area contributed by atoms with Crippen LogP contribution in [0.3, 0.4) is 0 Å². The molecule has 1 aromatic carbocycles. The van der Waals surface area contributed by atoms with Crippen molar-refractivity contribution in [1.82, 2.24) is 5.01 Å². The van der Waals surface area contributed by atoms with Gasteiger partial charge in [0, 0.05) is 5.69 Å². The molecule has 18 heavy (non-hydrogen) atoms. The number of carboxylic acid groups (broad SMARTS) is 1. The van der Waals surface area contributed by atoms with Crippen LogP contribution in [0, 0.1) is 4.91 Å². The molecular weight excluding hydrogens is 249 g/mol. The van der Waals surface area contributed by atoms with E-state index in [9.17, 15) is 19.6 Å². The zero-order valence-electron chi connectivity index (χ0n) is 9.99. The van der Waals surface area contributed by atoms with Gasteiger partial charge >= 0.3 is 35.6 Å². The number of aliphatic carboxylic acids is 1. The first-order chi connectivity index (χ1) is 8.06. The average molecular weight is 259 g/mol. The molecule has 0 radical (unpaired) electrons. The number of carbonyl (C=O) groups is 2. The van der Waals surface area contributed by atoms with Crippen LogP contribution in [0.1, 0.15) is 6.92 Å². The monoisotopic (exact) mass is 259 g/mol. The standard InChI is InChI=1S/C10H11N3O4.Na/c1-7(9(14)15)13(12-17)10(16)11-8-5-3-2-4-6-8;/h2-7H,1H3,(H,11,16)(H,14,15);/q;+1/p-1. The van der Waals surface area contributed by atoms with Crippen LogP contribution in [0.15, 0.2) is 35.6 Å². The SMILES string of the molecule is CC(C(=O)[O-])N(N=O)C(=O)Nc1ccccc1.[Na+]. The van der Waals surface area contributed by atoms with E-state index in [-0.39, 0.29) is 34.6 Å². The van der Waals surface area contributed by atoms with E-state index in [1.807, 2.05) is 0 Å². The number of rotatable bonds is 4. The van der Waals surface area contributed by atoms with E-state index in [0.717, 1.165) is 6.92 Å². The fraction of sp³-hybridized carbons (Fsp3) is 0.200. The van der Waals surface area contributed by atoms with Gasteiger partial charge in [0.1, 0.15) is 0 Å². The second-order valence-corrected chi connectivity index (χ2v) is 3.22. The Balaban J connectivity index is 0.00000289. The number of anilines is 1. The van der Waals surface area contributed by atoms with E-state index in [2.05, 4.69) is 10.6 Å². The Morgan fingerprint density at radius 1 is 1.33 bits per heavy atom. The zero-order valence-corrected chi connectivity index (χ0v) is 12.0. The van der Waals surface area contributed by atoms with Crippen LogP contribution < -0.4 is 40.0 Å². The number of nitrogens with zero attached hydrogens (tertiary/aromatic N) is 2. The predicted octanol–water partition coefficient (Wildman–Crippen LogP) is -2.66. The van der Waals surface area contributed by atoms with E-state index in [0.29, 0.717) is 5.69 Å². The summed E-state index contributed by atoms with van der Waals surface area (Å²) in [4.78, 5) is 32.5. The van der Waals surface area contributed by atoms with E-state index >= 15 is 0 Å². The number of hydrogen-bond donors (Lipinski definition) is 1. The van der Waals surface area contributed by atoms with Gasteiger partial charge in [-0.2, -0.15) is 5.01 Å². The van der Waals surface area contributed by atoms with Gasteiger partial charge in [0.05, 0.1) is 17.3 Å². The summed E-state index contributed by atoms with van der Waals surface area (Å²) in [5.74, 6) is -1.56. The van der Waals surface area contributed by atoms with Crippen LogP contribution in [-0.2, 0) is 4.79 Å². The summed E-state index contributed by atoms with van der Waals surface area (Å²) >= 11 is 0. The van der Waals surface area contributed by atoms with Gasteiger partial charge in [0.15, 0.2) is 0 Å². The number of amides is 2. The molecule has 1 N–H and O–H groups in total. The van der Waals surface area contributed by atoms with Gasteiger partial charge in [-0.25, -0.2) is 4.79 Å². The summed E-state index contributed by atoms with van der Waals surface area (Å²) < 4.78 is 0. The van der Waals surface area contributed by atoms with E-state index < -0.39 is 18.0 Å². The second kappa shape index (κ2) is 7.80. The molecule has 1 atom stereocenters. The van der Waals surface area contributed by atoms with Crippen molar-refractivity contribution in [3.63, 3.8) is 0 Å². The molecule has 0 heterocycles. The molecular formula is C10H10N3NaO4. The van der Waals surface area contributed by atoms with Gasteiger partial charge < -0.3 is 15.2 Å². The number of nitroso groups, excluding NO2 is 1. The summed E-state index contributed by atoms with van der Waals surface area (Å²) in [6, 6.07) is 5.91. The van der Waals surface area contributed by atoms with E-state index in [1.54, 1.807) is 30.3 Å². The first-order valence-corrected chi connectivity index (χ1v) is 4.75. The van der Waals surface area contributed by atoms with E-state index in [1.165, 1.54) is 0 Å². The number of para-hydroxylation sites is 1. The molecule has 0 aliphatic carbocycles. The first kappa shape index (κ1) is 16.6. The van der Waals surface area contributed by atoms with Crippen LogP contribution in [0.4, 0.5) is 10.5 Å². The number of carbonyl (C=O) groups excluding carboxylic acids is 2. The van der Waals surface area contributed by atoms with Crippen LogP contribution in [0.25, 0.3) is 0 Å². The maximum Gasteiger partial charge on any atom is 1.00 e. The minimum Gasteiger partial charge on any atom is -0.548 e. The van der Waals surface area contributed by atoms with Gasteiger partial charge in [-0.15, -0.1) is 4.91 Å². The van der Waals surface area contributed by atoms with Gasteiger partial charge in [-0.3, -0.25) is 0 Å². The minimum absolute atomic E-state index is 0. The quantitative estimate of drug-likeness (QED) is 0.362. The Morgan fingerprint density at radius 2 is 1.89 bits per heavy atom. The molecule has 7 nitrogen and oxygen atoms in total. The van der Waals surface area contributed by atoms with Crippen molar-refractivity contribution in [2.75, 3.05) is 5.32 Å². The third-order valence-electron chi connectivity index (χ3n) is 2.03. The minimum atomic E-state index is -1.56. The maximum atomic E-state index is 11.5. The normalized spacial score (nSPS) is 10.7. The van der Waals surface area contributed by atoms with Crippen molar-refractivity contribution in [2.24, 2.45) is 5.29 Å². The summed E-state index contributed by atoms with van der Waals surface area (Å²) in [6.07, 6.45) is 0. The molecule has 0 aliphatic heterocycles. The molecule has 8 heteroatoms. The summed E-state index contributed by atoms with van der Waals surface area (Å²) in [6.45, 7) is 1.13. The van der Waals surface area contributed by atoms with Crippen molar-refractivity contribution < 1.29 is 44.3 Å². The van der Waals surface area contributed by atoms with Crippen molar-refractivity contribution >= 4 is 17.7 Å². The second-order valence-electron chi connectivity index (χ2n) is 3.22. The fourth-order valence-corrected chi connectivity index (χ4v) is 1.09. The molecule has 0 aromatic heterocycles. The molecule has 2 amide bonds. The predicted molar refractivity (Wildman–Crippen MR) is 57.6 cm³/mol. The molecule has 0 aliphatic rings. The van der Waals surface area contributed by atoms with Gasteiger partial charge in [0.2, 0.25) is 0 Å². The Bertz CT molecular complexity index is 426. The van der Waals surface area contributed by atoms with Crippen LogP contribution >= 0.6 is 0 Å². The number of benzene rings is 1. The molecule has 0 fully saturated rings. The van der Waals surface area contributed by atoms with Crippen molar-refractivity contribution in [3.8, 4) is 0 Å². The average Bonchev–Trinajstić information content (AvgIpc) is 2.30. The molecule has 1 rings (SSSR count). The Kier molecular flexibility index (Phi) is 7.18. The zero-order chi connectivity index (χ0) is 12.8. The van der Waals surface area contributed by atoms with Crippen molar-refractivity contribution in [3.05, 3.63) is 35.2 Å². The molecule has 0 saturated carbocycles. The number of hydrogen-bond acceptors (Lipinski definition) is 5. The maximum absolute atomic E-state index is 11.5. The molecule has 1 aromatic rings. The van der Waals surface area contributed by atoms with Crippen molar-refractivity contribution in [1.29, 1.82) is 0 Å². The van der Waals surface area contributed by atoms with E-state index in [4.69, 9.17) is 0 Å². The number of nitrogens with one attached hydrogen (secondary N) is 1. The third-order valence-corrected chi connectivity index (χ3v) is 2.03. The van der Waals surface area contributed by atoms with Gasteiger partial charge in [0.25, 0.3) is 0 Å². The Hall–Kier alpha value is -1.44. The molecule has 0 bridgehead atoms. The van der Waals surface area contributed by atoms with Crippen LogP contribution in [0.5, 0.6) is 0 Å². The molecule has 0 spiro atoms. The van der Waals surface area contributed by atoms with Crippen LogP contribution in [-0.4, -0.2) is 23.1 Å². The number of urea groups is 1. The smallest absolute Gasteiger partial charge is 0.548 e. The topological polar surface area (TPSA) is 102 Å². The van der Waals surface area contributed by atoms with Crippen LogP contribution in [0.2, 0.25) is 0 Å². The summed E-state index contributed by atoms with van der Waals surface area (Å²) in [5, 5.41) is 15.5. The molecule has 1 unspecified atom stereocenters. The van der Waals surface area contributed by atoms with Gasteiger partial charge in [-0.1, -0.05) is 18.2 Å². The number of carboxylic acids is 1.